The molecule has 0 saturated heterocycles. The number of hydrogen-bond donors (Lipinski definition) is 3. The van der Waals surface area contributed by atoms with Crippen molar-refractivity contribution in [2.24, 2.45) is 23.7 Å². The maximum absolute atomic E-state index is 12.4. The maximum Gasteiger partial charge on any atom is 0.307 e. The van der Waals surface area contributed by atoms with Gasteiger partial charge in [-0.2, -0.15) is 0 Å². The summed E-state index contributed by atoms with van der Waals surface area (Å²) in [5.74, 6) is -2.33. The van der Waals surface area contributed by atoms with Crippen LogP contribution in [0.1, 0.15) is 36.5 Å². The molecule has 3 rings (SSSR count). The molecule has 2 aliphatic carbocycles. The van der Waals surface area contributed by atoms with Gasteiger partial charge in [0.2, 0.25) is 5.91 Å². The molecule has 7 heteroatoms. The van der Waals surface area contributed by atoms with Crippen LogP contribution in [0.25, 0.3) is 0 Å². The molecule has 4 atom stereocenters. The summed E-state index contributed by atoms with van der Waals surface area (Å²) < 4.78 is 5.34. The summed E-state index contributed by atoms with van der Waals surface area (Å²) in [4.78, 5) is 36.1. The highest BCUT2D eigenvalue weighted by Crippen LogP contribution is 2.52. The lowest BCUT2D eigenvalue weighted by Crippen LogP contribution is -2.48. The Morgan fingerprint density at radius 1 is 1.16 bits per heavy atom. The van der Waals surface area contributed by atoms with Gasteiger partial charge in [-0.25, -0.2) is 0 Å². The first-order chi connectivity index (χ1) is 12.0. The van der Waals surface area contributed by atoms with Gasteiger partial charge in [0, 0.05) is 5.56 Å². The van der Waals surface area contributed by atoms with Gasteiger partial charge in [-0.3, -0.25) is 25.2 Å². The summed E-state index contributed by atoms with van der Waals surface area (Å²) >= 11 is 0. The molecular formula is C18H22N2O5. The van der Waals surface area contributed by atoms with Crippen molar-refractivity contribution in [2.75, 3.05) is 6.61 Å². The molecule has 0 radical (unpaired) electrons. The van der Waals surface area contributed by atoms with Crippen LogP contribution in [0.4, 0.5) is 0 Å². The SMILES string of the molecule is CCOc1cccc(C(=O)NNC(=O)[C@@H]2[C@@H]3CC[C@@H](C3)[C@@H]2C(=O)O)c1. The predicted octanol–water partition coefficient (Wildman–Crippen LogP) is 1.59. The minimum Gasteiger partial charge on any atom is -0.494 e. The Balaban J connectivity index is 1.61. The Morgan fingerprint density at radius 3 is 2.56 bits per heavy atom. The highest BCUT2D eigenvalue weighted by atomic mass is 16.5. The number of carbonyl (C=O) groups excluding carboxylic acids is 2. The quantitative estimate of drug-likeness (QED) is 0.702. The van der Waals surface area contributed by atoms with Crippen LogP contribution in [0.2, 0.25) is 0 Å². The number of benzene rings is 1. The second kappa shape index (κ2) is 7.13. The molecule has 2 saturated carbocycles. The summed E-state index contributed by atoms with van der Waals surface area (Å²) in [5.41, 5.74) is 5.13. The second-order valence-electron chi connectivity index (χ2n) is 6.63. The lowest BCUT2D eigenvalue weighted by atomic mass is 9.79. The molecule has 1 aromatic carbocycles. The van der Waals surface area contributed by atoms with E-state index in [1.165, 1.54) is 0 Å². The number of carboxylic acid groups (broad SMARTS) is 1. The molecule has 7 nitrogen and oxygen atoms in total. The molecule has 2 fully saturated rings. The number of hydrazine groups is 1. The molecule has 2 bridgehead atoms. The maximum atomic E-state index is 12.4. The zero-order chi connectivity index (χ0) is 18.0. The fourth-order valence-electron chi connectivity index (χ4n) is 4.19. The van der Waals surface area contributed by atoms with E-state index in [0.717, 1.165) is 19.3 Å². The van der Waals surface area contributed by atoms with Crippen LogP contribution in [-0.2, 0) is 9.59 Å². The van der Waals surface area contributed by atoms with Gasteiger partial charge < -0.3 is 9.84 Å². The van der Waals surface area contributed by atoms with Crippen molar-refractivity contribution in [3.05, 3.63) is 29.8 Å². The summed E-state index contributed by atoms with van der Waals surface area (Å²) in [6.45, 7) is 2.34. The molecule has 0 aromatic heterocycles. The summed E-state index contributed by atoms with van der Waals surface area (Å²) in [5, 5.41) is 9.41. The van der Waals surface area contributed by atoms with Gasteiger partial charge in [0.1, 0.15) is 5.75 Å². The Kier molecular flexibility index (Phi) is 4.92. The normalized spacial score (nSPS) is 26.9. The number of carboxylic acids is 1. The van der Waals surface area contributed by atoms with E-state index in [4.69, 9.17) is 4.74 Å². The van der Waals surface area contributed by atoms with Crippen LogP contribution in [0.5, 0.6) is 5.75 Å². The number of rotatable bonds is 5. The molecule has 25 heavy (non-hydrogen) atoms. The average Bonchev–Trinajstić information content (AvgIpc) is 3.21. The number of aliphatic carboxylic acids is 1. The van der Waals surface area contributed by atoms with Crippen molar-refractivity contribution in [1.29, 1.82) is 0 Å². The van der Waals surface area contributed by atoms with Crippen LogP contribution >= 0.6 is 0 Å². The Bertz CT molecular complexity index is 690. The summed E-state index contributed by atoms with van der Waals surface area (Å²) in [6.07, 6.45) is 2.51. The monoisotopic (exact) mass is 346 g/mol. The average molecular weight is 346 g/mol. The van der Waals surface area contributed by atoms with Crippen molar-refractivity contribution in [3.8, 4) is 5.75 Å². The summed E-state index contributed by atoms with van der Waals surface area (Å²) in [7, 11) is 0. The fourth-order valence-corrected chi connectivity index (χ4v) is 4.19. The Hall–Kier alpha value is -2.57. The lowest BCUT2D eigenvalue weighted by Gasteiger charge is -2.27. The van der Waals surface area contributed by atoms with Gasteiger partial charge in [0.15, 0.2) is 0 Å². The van der Waals surface area contributed by atoms with Crippen LogP contribution in [0, 0.1) is 23.7 Å². The van der Waals surface area contributed by atoms with Crippen LogP contribution < -0.4 is 15.6 Å². The van der Waals surface area contributed by atoms with Gasteiger partial charge in [-0.05, 0) is 56.2 Å². The van der Waals surface area contributed by atoms with Crippen LogP contribution in [0.3, 0.4) is 0 Å². The van der Waals surface area contributed by atoms with Crippen LogP contribution in [-0.4, -0.2) is 29.5 Å². The highest BCUT2D eigenvalue weighted by Gasteiger charge is 2.54. The predicted molar refractivity (Wildman–Crippen MR) is 88.7 cm³/mol. The molecule has 2 aliphatic rings. The lowest BCUT2D eigenvalue weighted by molar-refractivity contribution is -0.149. The first kappa shape index (κ1) is 17.3. The fraction of sp³-hybridized carbons (Fsp3) is 0.500. The van der Waals surface area contributed by atoms with Gasteiger partial charge in [-0.15, -0.1) is 0 Å². The van der Waals surface area contributed by atoms with Gasteiger partial charge in [0.25, 0.3) is 5.91 Å². The number of nitrogens with one attached hydrogen (secondary N) is 2. The largest absolute Gasteiger partial charge is 0.494 e. The number of hydrogen-bond acceptors (Lipinski definition) is 4. The van der Waals surface area contributed by atoms with E-state index >= 15 is 0 Å². The highest BCUT2D eigenvalue weighted by molar-refractivity contribution is 5.96. The minimum absolute atomic E-state index is 0.0665. The first-order valence-electron chi connectivity index (χ1n) is 8.57. The van der Waals surface area contributed by atoms with Crippen molar-refractivity contribution in [2.45, 2.75) is 26.2 Å². The smallest absolute Gasteiger partial charge is 0.307 e. The number of ether oxygens (including phenoxy) is 1. The molecule has 0 unspecified atom stereocenters. The third-order valence-corrected chi connectivity index (χ3v) is 5.21. The standard InChI is InChI=1S/C18H22N2O5/c1-2-25-13-5-3-4-12(9-13)16(21)19-20-17(22)14-10-6-7-11(8-10)15(14)18(23)24/h3-5,9-11,14-15H,2,6-8H2,1H3,(H,19,21)(H,20,22)(H,23,24)/t10-,11+,14-,15+/m1/s1. The third-order valence-electron chi connectivity index (χ3n) is 5.21. The van der Waals surface area contributed by atoms with Gasteiger partial charge in [-0.1, -0.05) is 6.07 Å². The van der Waals surface area contributed by atoms with Crippen molar-refractivity contribution in [3.63, 3.8) is 0 Å². The topological polar surface area (TPSA) is 105 Å². The number of fused-ring (bicyclic) bond motifs is 2. The zero-order valence-electron chi connectivity index (χ0n) is 14.0. The van der Waals surface area contributed by atoms with Gasteiger partial charge in [0.05, 0.1) is 18.4 Å². The van der Waals surface area contributed by atoms with E-state index in [1.807, 2.05) is 6.92 Å². The molecular weight excluding hydrogens is 324 g/mol. The number of amides is 2. The minimum atomic E-state index is -0.928. The van der Waals surface area contributed by atoms with E-state index in [1.54, 1.807) is 24.3 Å². The second-order valence-corrected chi connectivity index (χ2v) is 6.63. The van der Waals surface area contributed by atoms with Gasteiger partial charge >= 0.3 is 5.97 Å². The molecule has 0 spiro atoms. The van der Waals surface area contributed by atoms with E-state index in [9.17, 15) is 19.5 Å². The van der Waals surface area contributed by atoms with E-state index in [0.29, 0.717) is 17.9 Å². The first-order valence-corrected chi connectivity index (χ1v) is 8.57. The van der Waals surface area contributed by atoms with E-state index in [2.05, 4.69) is 10.9 Å². The van der Waals surface area contributed by atoms with Crippen LogP contribution in [0.15, 0.2) is 24.3 Å². The van der Waals surface area contributed by atoms with E-state index < -0.39 is 29.6 Å². The Labute approximate surface area is 145 Å². The third kappa shape index (κ3) is 3.45. The number of carbonyl (C=O) groups is 3. The molecule has 1 aromatic rings. The molecule has 134 valence electrons. The Morgan fingerprint density at radius 2 is 1.88 bits per heavy atom. The van der Waals surface area contributed by atoms with Crippen molar-refractivity contribution >= 4 is 17.8 Å². The molecule has 2 amide bonds. The molecule has 0 aliphatic heterocycles. The molecule has 0 heterocycles. The van der Waals surface area contributed by atoms with Crippen molar-refractivity contribution < 1.29 is 24.2 Å². The van der Waals surface area contributed by atoms with E-state index in [-0.39, 0.29) is 11.8 Å². The molecule has 3 N–H and O–H groups in total. The zero-order valence-corrected chi connectivity index (χ0v) is 14.0. The van der Waals surface area contributed by atoms with Crippen molar-refractivity contribution in [1.82, 2.24) is 10.9 Å². The summed E-state index contributed by atoms with van der Waals surface area (Å²) in [6, 6.07) is 6.63.